The van der Waals surface area contributed by atoms with Crippen molar-refractivity contribution in [2.75, 3.05) is 6.26 Å². The molecule has 0 aliphatic heterocycles. The number of hydrogen-bond donors (Lipinski definition) is 0. The maximum atomic E-state index is 11.8. The number of hydrogen-bond acceptors (Lipinski definition) is 5. The SMILES string of the molecule is CS(=O)(=O)c1ccccc1-c1ncc(Br)cc1[N+](=O)[O-]. The highest BCUT2D eigenvalue weighted by Gasteiger charge is 2.23. The van der Waals surface area contributed by atoms with Gasteiger partial charge < -0.3 is 0 Å². The monoisotopic (exact) mass is 356 g/mol. The summed E-state index contributed by atoms with van der Waals surface area (Å²) in [4.78, 5) is 14.5. The third kappa shape index (κ3) is 2.86. The summed E-state index contributed by atoms with van der Waals surface area (Å²) in [5.41, 5.74) is -0.0103. The Hall–Kier alpha value is -1.80. The van der Waals surface area contributed by atoms with Crippen molar-refractivity contribution in [2.45, 2.75) is 4.90 Å². The molecule has 20 heavy (non-hydrogen) atoms. The lowest BCUT2D eigenvalue weighted by atomic mass is 10.1. The molecule has 6 nitrogen and oxygen atoms in total. The second kappa shape index (κ2) is 5.29. The van der Waals surface area contributed by atoms with Crippen LogP contribution in [0.1, 0.15) is 0 Å². The van der Waals surface area contributed by atoms with Gasteiger partial charge in [-0.1, -0.05) is 18.2 Å². The molecular weight excluding hydrogens is 348 g/mol. The van der Waals surface area contributed by atoms with Crippen molar-refractivity contribution in [3.8, 4) is 11.3 Å². The van der Waals surface area contributed by atoms with Gasteiger partial charge in [0, 0.05) is 28.6 Å². The number of sulfone groups is 1. The quantitative estimate of drug-likeness (QED) is 0.622. The van der Waals surface area contributed by atoms with Gasteiger partial charge in [0.2, 0.25) is 0 Å². The molecule has 1 aromatic heterocycles. The molecule has 0 amide bonds. The van der Waals surface area contributed by atoms with Gasteiger partial charge in [-0.05, 0) is 22.0 Å². The van der Waals surface area contributed by atoms with Crippen LogP contribution in [0.4, 0.5) is 5.69 Å². The smallest absolute Gasteiger partial charge is 0.258 e. The second-order valence-corrected chi connectivity index (χ2v) is 6.95. The molecule has 0 aliphatic rings. The van der Waals surface area contributed by atoms with Crippen molar-refractivity contribution in [1.82, 2.24) is 4.98 Å². The fourth-order valence-electron chi connectivity index (χ4n) is 1.76. The first kappa shape index (κ1) is 14.6. The molecule has 2 aromatic rings. The molecule has 0 atom stereocenters. The molecular formula is C12H9BrN2O4S. The predicted octanol–water partition coefficient (Wildman–Crippen LogP) is 2.82. The lowest BCUT2D eigenvalue weighted by Gasteiger charge is -2.07. The van der Waals surface area contributed by atoms with E-state index in [0.717, 1.165) is 6.26 Å². The van der Waals surface area contributed by atoms with E-state index < -0.39 is 14.8 Å². The zero-order valence-electron chi connectivity index (χ0n) is 10.3. The van der Waals surface area contributed by atoms with E-state index >= 15 is 0 Å². The summed E-state index contributed by atoms with van der Waals surface area (Å²) in [5, 5.41) is 11.1. The fourth-order valence-corrected chi connectivity index (χ4v) is 2.97. The van der Waals surface area contributed by atoms with Gasteiger partial charge in [-0.25, -0.2) is 13.4 Å². The van der Waals surface area contributed by atoms with Gasteiger partial charge in [0.25, 0.3) is 5.69 Å². The van der Waals surface area contributed by atoms with E-state index in [1.807, 2.05) is 0 Å². The third-order valence-corrected chi connectivity index (χ3v) is 4.16. The molecule has 0 saturated heterocycles. The van der Waals surface area contributed by atoms with Crippen molar-refractivity contribution in [3.05, 3.63) is 51.1 Å². The summed E-state index contributed by atoms with van der Waals surface area (Å²) in [6.07, 6.45) is 2.44. The Balaban J connectivity index is 2.80. The van der Waals surface area contributed by atoms with Crippen LogP contribution in [0.3, 0.4) is 0 Å². The van der Waals surface area contributed by atoms with Gasteiger partial charge in [-0.15, -0.1) is 0 Å². The summed E-state index contributed by atoms with van der Waals surface area (Å²) < 4.78 is 24.0. The van der Waals surface area contributed by atoms with Gasteiger partial charge in [-0.2, -0.15) is 0 Å². The van der Waals surface area contributed by atoms with Crippen LogP contribution in [0.2, 0.25) is 0 Å². The normalized spacial score (nSPS) is 11.3. The average Bonchev–Trinajstić information content (AvgIpc) is 2.37. The molecule has 0 bridgehead atoms. The van der Waals surface area contributed by atoms with E-state index in [1.54, 1.807) is 12.1 Å². The molecule has 0 unspecified atom stereocenters. The Morgan fingerprint density at radius 3 is 2.55 bits per heavy atom. The van der Waals surface area contributed by atoms with Crippen LogP contribution in [-0.4, -0.2) is 24.6 Å². The molecule has 0 aliphatic carbocycles. The van der Waals surface area contributed by atoms with E-state index in [2.05, 4.69) is 20.9 Å². The minimum absolute atomic E-state index is 0.0120. The summed E-state index contributed by atoms with van der Waals surface area (Å²) in [5.74, 6) is 0. The highest BCUT2D eigenvalue weighted by atomic mass is 79.9. The number of aromatic nitrogens is 1. The first-order chi connectivity index (χ1) is 9.30. The van der Waals surface area contributed by atoms with E-state index in [0.29, 0.717) is 4.47 Å². The predicted molar refractivity (Wildman–Crippen MR) is 77.1 cm³/mol. The molecule has 0 spiro atoms. The minimum Gasteiger partial charge on any atom is -0.258 e. The summed E-state index contributed by atoms with van der Waals surface area (Å²) in [6, 6.07) is 7.36. The molecule has 2 rings (SSSR count). The number of halogens is 1. The van der Waals surface area contributed by atoms with Crippen LogP contribution < -0.4 is 0 Å². The van der Waals surface area contributed by atoms with Gasteiger partial charge in [0.1, 0.15) is 5.69 Å². The van der Waals surface area contributed by atoms with E-state index in [4.69, 9.17) is 0 Å². The van der Waals surface area contributed by atoms with Crippen LogP contribution in [0.15, 0.2) is 45.9 Å². The number of rotatable bonds is 3. The van der Waals surface area contributed by atoms with E-state index in [1.165, 1.54) is 24.4 Å². The molecule has 1 aromatic carbocycles. The molecule has 104 valence electrons. The number of benzene rings is 1. The first-order valence-corrected chi connectivity index (χ1v) is 8.08. The third-order valence-electron chi connectivity index (χ3n) is 2.57. The molecule has 0 saturated carbocycles. The van der Waals surface area contributed by atoms with E-state index in [9.17, 15) is 18.5 Å². The van der Waals surface area contributed by atoms with Crippen LogP contribution in [0.25, 0.3) is 11.3 Å². The number of pyridine rings is 1. The van der Waals surface area contributed by atoms with Crippen LogP contribution in [0, 0.1) is 10.1 Å². The Morgan fingerprint density at radius 1 is 1.30 bits per heavy atom. The topological polar surface area (TPSA) is 90.2 Å². The Kier molecular flexibility index (Phi) is 3.87. The van der Waals surface area contributed by atoms with Crippen molar-refractivity contribution >= 4 is 31.5 Å². The van der Waals surface area contributed by atoms with Gasteiger partial charge in [-0.3, -0.25) is 10.1 Å². The number of nitro groups is 1. The Morgan fingerprint density at radius 2 is 1.95 bits per heavy atom. The fraction of sp³-hybridized carbons (Fsp3) is 0.0833. The zero-order chi connectivity index (χ0) is 14.9. The van der Waals surface area contributed by atoms with Crippen molar-refractivity contribution < 1.29 is 13.3 Å². The maximum Gasteiger partial charge on any atom is 0.296 e. The minimum atomic E-state index is -3.51. The van der Waals surface area contributed by atoms with Crippen LogP contribution in [0.5, 0.6) is 0 Å². The highest BCUT2D eigenvalue weighted by molar-refractivity contribution is 9.10. The molecule has 1 heterocycles. The van der Waals surface area contributed by atoms with Crippen molar-refractivity contribution in [1.29, 1.82) is 0 Å². The van der Waals surface area contributed by atoms with Crippen LogP contribution >= 0.6 is 15.9 Å². The standard InChI is InChI=1S/C12H9BrN2O4S/c1-20(18,19)11-5-3-2-4-9(11)12-10(15(16)17)6-8(13)7-14-12/h2-7H,1H3. The van der Waals surface area contributed by atoms with E-state index in [-0.39, 0.29) is 21.8 Å². The first-order valence-electron chi connectivity index (χ1n) is 5.40. The molecule has 8 heteroatoms. The summed E-state index contributed by atoms with van der Waals surface area (Å²) in [7, 11) is -3.51. The van der Waals surface area contributed by atoms with Gasteiger partial charge in [0.05, 0.1) is 9.82 Å². The lowest BCUT2D eigenvalue weighted by molar-refractivity contribution is -0.384. The van der Waals surface area contributed by atoms with Crippen LogP contribution in [-0.2, 0) is 9.84 Å². The Bertz CT molecular complexity index is 790. The highest BCUT2D eigenvalue weighted by Crippen LogP contribution is 2.33. The summed E-state index contributed by atoms with van der Waals surface area (Å²) in [6.45, 7) is 0. The molecule has 0 N–H and O–H groups in total. The average molecular weight is 357 g/mol. The molecule has 0 fully saturated rings. The van der Waals surface area contributed by atoms with Gasteiger partial charge >= 0.3 is 0 Å². The van der Waals surface area contributed by atoms with Crippen molar-refractivity contribution in [2.24, 2.45) is 0 Å². The summed E-state index contributed by atoms with van der Waals surface area (Å²) >= 11 is 3.11. The number of nitrogens with zero attached hydrogens (tertiary/aromatic N) is 2. The second-order valence-electron chi connectivity index (χ2n) is 4.05. The van der Waals surface area contributed by atoms with Gasteiger partial charge in [0.15, 0.2) is 9.84 Å². The lowest BCUT2D eigenvalue weighted by Crippen LogP contribution is -2.02. The maximum absolute atomic E-state index is 11.8. The Labute approximate surface area is 123 Å². The molecule has 0 radical (unpaired) electrons. The largest absolute Gasteiger partial charge is 0.296 e. The van der Waals surface area contributed by atoms with Crippen molar-refractivity contribution in [3.63, 3.8) is 0 Å². The zero-order valence-corrected chi connectivity index (χ0v) is 12.7.